The van der Waals surface area contributed by atoms with Gasteiger partial charge in [0.1, 0.15) is 11.6 Å². The van der Waals surface area contributed by atoms with E-state index in [2.05, 4.69) is 15.3 Å². The lowest BCUT2D eigenvalue weighted by Gasteiger charge is -2.12. The molecule has 1 aromatic heterocycles. The summed E-state index contributed by atoms with van der Waals surface area (Å²) < 4.78 is 38.7. The molecule has 2 aromatic carbocycles. The Kier molecular flexibility index (Phi) is 3.40. The van der Waals surface area contributed by atoms with Crippen molar-refractivity contribution in [3.63, 3.8) is 0 Å². The lowest BCUT2D eigenvalue weighted by molar-refractivity contribution is -0.137. The summed E-state index contributed by atoms with van der Waals surface area (Å²) in [5.41, 5.74) is 0.465. The Morgan fingerprint density at radius 1 is 0.958 bits per heavy atom. The highest BCUT2D eigenvalue weighted by Crippen LogP contribution is 2.40. The van der Waals surface area contributed by atoms with Crippen molar-refractivity contribution >= 4 is 22.4 Å². The minimum absolute atomic E-state index is 0.357. The summed E-state index contributed by atoms with van der Waals surface area (Å²) in [6.07, 6.45) is -2.26. The van der Waals surface area contributed by atoms with Gasteiger partial charge in [-0.1, -0.05) is 18.2 Å². The molecule has 1 aliphatic rings. The van der Waals surface area contributed by atoms with Gasteiger partial charge in [0.25, 0.3) is 0 Å². The molecule has 3 nitrogen and oxygen atoms in total. The molecule has 1 aliphatic carbocycles. The van der Waals surface area contributed by atoms with Crippen LogP contribution in [0.4, 0.5) is 24.7 Å². The van der Waals surface area contributed by atoms with Gasteiger partial charge in [0.2, 0.25) is 0 Å². The lowest BCUT2D eigenvalue weighted by atomic mass is 10.2. The van der Waals surface area contributed by atoms with Crippen molar-refractivity contribution < 1.29 is 13.2 Å². The van der Waals surface area contributed by atoms with Crippen LogP contribution >= 0.6 is 0 Å². The summed E-state index contributed by atoms with van der Waals surface area (Å²) in [7, 11) is 0. The van der Waals surface area contributed by atoms with Crippen LogP contribution in [0.5, 0.6) is 0 Å². The number of para-hydroxylation sites is 1. The van der Waals surface area contributed by atoms with Gasteiger partial charge in [-0.3, -0.25) is 0 Å². The third kappa shape index (κ3) is 2.91. The Hall–Kier alpha value is -2.63. The summed E-state index contributed by atoms with van der Waals surface area (Å²) in [5, 5.41) is 3.82. The van der Waals surface area contributed by atoms with E-state index >= 15 is 0 Å². The first-order valence-electron chi connectivity index (χ1n) is 7.72. The summed E-state index contributed by atoms with van der Waals surface area (Å²) in [4.78, 5) is 9.11. The zero-order valence-electron chi connectivity index (χ0n) is 12.6. The van der Waals surface area contributed by atoms with Crippen LogP contribution in [0, 0.1) is 0 Å². The van der Waals surface area contributed by atoms with Crippen LogP contribution in [-0.4, -0.2) is 9.97 Å². The number of nitrogens with one attached hydrogen (secondary N) is 1. The number of halogens is 3. The van der Waals surface area contributed by atoms with Crippen molar-refractivity contribution in [2.75, 3.05) is 5.32 Å². The van der Waals surface area contributed by atoms with Crippen molar-refractivity contribution in [2.45, 2.75) is 24.9 Å². The zero-order valence-corrected chi connectivity index (χ0v) is 12.6. The fourth-order valence-electron chi connectivity index (χ4n) is 2.62. The highest BCUT2D eigenvalue weighted by molar-refractivity contribution is 5.90. The second-order valence-electron chi connectivity index (χ2n) is 5.93. The molecule has 122 valence electrons. The van der Waals surface area contributed by atoms with E-state index < -0.39 is 11.7 Å². The number of rotatable bonds is 3. The van der Waals surface area contributed by atoms with Crippen molar-refractivity contribution in [2.24, 2.45) is 0 Å². The molecule has 1 saturated carbocycles. The van der Waals surface area contributed by atoms with Crippen LogP contribution in [0.1, 0.15) is 30.1 Å². The van der Waals surface area contributed by atoms with Gasteiger partial charge < -0.3 is 5.32 Å². The maximum Gasteiger partial charge on any atom is 0.416 e. The van der Waals surface area contributed by atoms with E-state index in [1.54, 1.807) is 6.07 Å². The van der Waals surface area contributed by atoms with Crippen LogP contribution in [0.3, 0.4) is 0 Å². The maximum atomic E-state index is 12.9. The third-order valence-electron chi connectivity index (χ3n) is 4.02. The molecular formula is C18H14F3N3. The highest BCUT2D eigenvalue weighted by Gasteiger charge is 2.30. The predicted octanol–water partition coefficient (Wildman–Crippen LogP) is 5.27. The predicted molar refractivity (Wildman–Crippen MR) is 86.2 cm³/mol. The number of benzene rings is 2. The van der Waals surface area contributed by atoms with Gasteiger partial charge in [-0.15, -0.1) is 0 Å². The van der Waals surface area contributed by atoms with Gasteiger partial charge in [0.15, 0.2) is 0 Å². The average Bonchev–Trinajstić information content (AvgIpc) is 3.39. The summed E-state index contributed by atoms with van der Waals surface area (Å²) in [6, 6.07) is 12.6. The van der Waals surface area contributed by atoms with E-state index in [0.717, 1.165) is 41.7 Å². The van der Waals surface area contributed by atoms with E-state index in [-0.39, 0.29) is 0 Å². The maximum absolute atomic E-state index is 12.9. The molecule has 4 rings (SSSR count). The van der Waals surface area contributed by atoms with Crippen LogP contribution in [0.25, 0.3) is 10.9 Å². The Bertz CT molecular complexity index is 901. The molecule has 0 atom stereocenters. The first kappa shape index (κ1) is 14.9. The van der Waals surface area contributed by atoms with Gasteiger partial charge in [-0.2, -0.15) is 13.2 Å². The molecule has 1 fully saturated rings. The summed E-state index contributed by atoms with van der Waals surface area (Å²) >= 11 is 0. The van der Waals surface area contributed by atoms with Gasteiger partial charge in [0.05, 0.1) is 11.1 Å². The molecule has 24 heavy (non-hydrogen) atoms. The topological polar surface area (TPSA) is 37.8 Å². The third-order valence-corrected chi connectivity index (χ3v) is 4.02. The van der Waals surface area contributed by atoms with E-state index in [1.165, 1.54) is 6.07 Å². The van der Waals surface area contributed by atoms with E-state index in [9.17, 15) is 13.2 Å². The number of anilines is 2. The molecule has 0 saturated heterocycles. The highest BCUT2D eigenvalue weighted by atomic mass is 19.4. The second-order valence-corrected chi connectivity index (χ2v) is 5.93. The van der Waals surface area contributed by atoms with E-state index in [4.69, 9.17) is 0 Å². The molecule has 0 bridgehead atoms. The summed E-state index contributed by atoms with van der Waals surface area (Å²) in [5.74, 6) is 1.65. The molecule has 0 unspecified atom stereocenters. The Balaban J connectivity index is 1.76. The normalized spacial score (nSPS) is 14.8. The minimum atomic E-state index is -4.37. The molecule has 0 spiro atoms. The second kappa shape index (κ2) is 5.47. The molecular weight excluding hydrogens is 315 g/mol. The molecule has 1 N–H and O–H groups in total. The van der Waals surface area contributed by atoms with Crippen LogP contribution in [0.2, 0.25) is 0 Å². The number of fused-ring (bicyclic) bond motifs is 1. The Morgan fingerprint density at radius 3 is 2.50 bits per heavy atom. The standard InChI is InChI=1S/C18H14F3N3/c19-18(20,21)12-4-3-5-13(10-12)22-17-14-6-1-2-7-15(14)23-16(24-17)11-8-9-11/h1-7,10-11H,8-9H2,(H,22,23,24). The minimum Gasteiger partial charge on any atom is -0.340 e. The number of nitrogens with zero attached hydrogens (tertiary/aromatic N) is 2. The van der Waals surface area contributed by atoms with E-state index in [1.807, 2.05) is 24.3 Å². The van der Waals surface area contributed by atoms with Crippen LogP contribution < -0.4 is 5.32 Å². The fourth-order valence-corrected chi connectivity index (χ4v) is 2.62. The molecule has 3 aromatic rings. The SMILES string of the molecule is FC(F)(F)c1cccc(Nc2nc(C3CC3)nc3ccccc23)c1. The molecule has 6 heteroatoms. The number of hydrogen-bond donors (Lipinski definition) is 1. The molecule has 0 amide bonds. The van der Waals surface area contributed by atoms with Crippen molar-refractivity contribution in [1.29, 1.82) is 0 Å². The van der Waals surface area contributed by atoms with Crippen molar-refractivity contribution in [1.82, 2.24) is 9.97 Å². The van der Waals surface area contributed by atoms with Gasteiger partial charge in [0, 0.05) is 17.0 Å². The first-order chi connectivity index (χ1) is 11.5. The first-order valence-corrected chi connectivity index (χ1v) is 7.72. The molecule has 0 radical (unpaired) electrons. The lowest BCUT2D eigenvalue weighted by Crippen LogP contribution is -2.06. The Labute approximate surface area is 136 Å². The fraction of sp³-hybridized carbons (Fsp3) is 0.222. The molecule has 0 aliphatic heterocycles. The quantitative estimate of drug-likeness (QED) is 0.711. The van der Waals surface area contributed by atoms with Crippen LogP contribution in [-0.2, 0) is 6.18 Å². The molecule has 1 heterocycles. The van der Waals surface area contributed by atoms with Crippen LogP contribution in [0.15, 0.2) is 48.5 Å². The summed E-state index contributed by atoms with van der Waals surface area (Å²) in [6.45, 7) is 0. The van der Waals surface area contributed by atoms with Gasteiger partial charge in [-0.05, 0) is 43.2 Å². The number of alkyl halides is 3. The van der Waals surface area contributed by atoms with Crippen molar-refractivity contribution in [3.05, 3.63) is 59.9 Å². The zero-order chi connectivity index (χ0) is 16.7. The average molecular weight is 329 g/mol. The monoisotopic (exact) mass is 329 g/mol. The van der Waals surface area contributed by atoms with E-state index in [0.29, 0.717) is 17.4 Å². The number of aromatic nitrogens is 2. The Morgan fingerprint density at radius 2 is 1.75 bits per heavy atom. The van der Waals surface area contributed by atoms with Crippen molar-refractivity contribution in [3.8, 4) is 0 Å². The van der Waals surface area contributed by atoms with Gasteiger partial charge in [-0.25, -0.2) is 9.97 Å². The smallest absolute Gasteiger partial charge is 0.340 e. The number of hydrogen-bond acceptors (Lipinski definition) is 3. The largest absolute Gasteiger partial charge is 0.416 e. The van der Waals surface area contributed by atoms with Gasteiger partial charge >= 0.3 is 6.18 Å².